The molecule has 1 atom stereocenters. The van der Waals surface area contributed by atoms with Crippen LogP contribution in [0.2, 0.25) is 0 Å². The van der Waals surface area contributed by atoms with E-state index in [-0.39, 0.29) is 18.5 Å². The molecule has 0 radical (unpaired) electrons. The quantitative estimate of drug-likeness (QED) is 0.399. The summed E-state index contributed by atoms with van der Waals surface area (Å²) in [6.45, 7) is -0.772. The second kappa shape index (κ2) is 12.1. The lowest BCUT2D eigenvalue weighted by molar-refractivity contribution is -0.139. The Hall–Kier alpha value is -3.24. The number of carbonyl (C=O) groups is 2. The molecule has 0 saturated carbocycles. The molecule has 0 aromatic heterocycles. The molecule has 0 aliphatic rings. The molecule has 10 heteroatoms. The maximum absolute atomic E-state index is 14.6. The van der Waals surface area contributed by atoms with Gasteiger partial charge < -0.3 is 10.2 Å². The van der Waals surface area contributed by atoms with Gasteiger partial charge in [0.15, 0.2) is 0 Å². The molecule has 190 valence electrons. The van der Waals surface area contributed by atoms with Gasteiger partial charge in [-0.15, -0.1) is 0 Å². The van der Waals surface area contributed by atoms with Gasteiger partial charge in [-0.05, 0) is 35.9 Å². The van der Waals surface area contributed by atoms with Crippen LogP contribution >= 0.6 is 15.9 Å². The van der Waals surface area contributed by atoms with E-state index < -0.39 is 40.2 Å². The summed E-state index contributed by atoms with van der Waals surface area (Å²) in [6, 6.07) is 20.6. The lowest BCUT2D eigenvalue weighted by Crippen LogP contribution is -2.53. The van der Waals surface area contributed by atoms with Crippen LogP contribution in [0.25, 0.3) is 0 Å². The molecular formula is C26H27BrFN3O4S. The van der Waals surface area contributed by atoms with E-state index in [1.807, 2.05) is 30.3 Å². The number of sulfonamides is 1. The van der Waals surface area contributed by atoms with Crippen molar-refractivity contribution in [1.82, 2.24) is 10.2 Å². The molecule has 0 unspecified atom stereocenters. The third kappa shape index (κ3) is 7.14. The van der Waals surface area contributed by atoms with Crippen LogP contribution in [0.5, 0.6) is 0 Å². The standard InChI is InChI=1S/C26H27BrFN3O4S/c1-29-26(33)24(16-19-8-4-3-5-9-19)30(17-20-10-6-7-11-23(20)28)25(32)18-31(36(2,34)35)22-14-12-21(27)13-15-22/h3-15,24H,16-18H2,1-2H3,(H,29,33)/t24-/m0/s1. The number of nitrogens with one attached hydrogen (secondary N) is 1. The summed E-state index contributed by atoms with van der Waals surface area (Å²) in [5, 5.41) is 2.58. The van der Waals surface area contributed by atoms with Crippen LogP contribution in [0.3, 0.4) is 0 Å². The zero-order chi connectivity index (χ0) is 26.3. The highest BCUT2D eigenvalue weighted by atomic mass is 79.9. The molecule has 7 nitrogen and oxygen atoms in total. The minimum Gasteiger partial charge on any atom is -0.357 e. The van der Waals surface area contributed by atoms with Crippen molar-refractivity contribution in [3.05, 3.63) is 100 Å². The van der Waals surface area contributed by atoms with Crippen LogP contribution in [-0.2, 0) is 32.6 Å². The summed E-state index contributed by atoms with van der Waals surface area (Å²) in [6.07, 6.45) is 1.17. The van der Waals surface area contributed by atoms with Crippen molar-refractivity contribution in [2.75, 3.05) is 24.2 Å². The Morgan fingerprint density at radius 2 is 1.58 bits per heavy atom. The van der Waals surface area contributed by atoms with E-state index in [0.29, 0.717) is 5.69 Å². The van der Waals surface area contributed by atoms with Crippen LogP contribution in [-0.4, -0.2) is 51.0 Å². The summed E-state index contributed by atoms with van der Waals surface area (Å²) in [5.74, 6) is -1.62. The predicted octanol–water partition coefficient (Wildman–Crippen LogP) is 3.74. The summed E-state index contributed by atoms with van der Waals surface area (Å²) in [5.41, 5.74) is 1.30. The maximum atomic E-state index is 14.6. The van der Waals surface area contributed by atoms with Gasteiger partial charge in [0.25, 0.3) is 0 Å². The molecule has 2 amide bonds. The fourth-order valence-corrected chi connectivity index (χ4v) is 4.87. The summed E-state index contributed by atoms with van der Waals surface area (Å²) >= 11 is 3.31. The highest BCUT2D eigenvalue weighted by Crippen LogP contribution is 2.22. The number of anilines is 1. The molecule has 0 bridgehead atoms. The van der Waals surface area contributed by atoms with E-state index in [0.717, 1.165) is 20.6 Å². The van der Waals surface area contributed by atoms with Crippen LogP contribution < -0.4 is 9.62 Å². The minimum atomic E-state index is -3.85. The van der Waals surface area contributed by atoms with Gasteiger partial charge in [0.05, 0.1) is 11.9 Å². The SMILES string of the molecule is CNC(=O)[C@H](Cc1ccccc1)N(Cc1ccccc1F)C(=O)CN(c1ccc(Br)cc1)S(C)(=O)=O. The smallest absolute Gasteiger partial charge is 0.244 e. The maximum Gasteiger partial charge on any atom is 0.244 e. The van der Waals surface area contributed by atoms with Crippen molar-refractivity contribution in [3.8, 4) is 0 Å². The topological polar surface area (TPSA) is 86.8 Å². The van der Waals surface area contributed by atoms with Gasteiger partial charge >= 0.3 is 0 Å². The van der Waals surface area contributed by atoms with Crippen molar-refractivity contribution in [1.29, 1.82) is 0 Å². The van der Waals surface area contributed by atoms with E-state index >= 15 is 0 Å². The molecule has 3 aromatic carbocycles. The van der Waals surface area contributed by atoms with Gasteiger partial charge in [0.1, 0.15) is 18.4 Å². The van der Waals surface area contributed by atoms with Crippen LogP contribution in [0, 0.1) is 5.82 Å². The third-order valence-corrected chi connectivity index (χ3v) is 7.28. The van der Waals surface area contributed by atoms with Crippen molar-refractivity contribution in [2.24, 2.45) is 0 Å². The predicted molar refractivity (Wildman–Crippen MR) is 141 cm³/mol. The van der Waals surface area contributed by atoms with Gasteiger partial charge in [-0.1, -0.05) is 64.5 Å². The number of hydrogen-bond donors (Lipinski definition) is 1. The Balaban J connectivity index is 2.03. The second-order valence-electron chi connectivity index (χ2n) is 8.18. The van der Waals surface area contributed by atoms with Crippen molar-refractivity contribution >= 4 is 43.5 Å². The largest absolute Gasteiger partial charge is 0.357 e. The molecule has 0 spiro atoms. The number of nitrogens with zero attached hydrogens (tertiary/aromatic N) is 2. The third-order valence-electron chi connectivity index (χ3n) is 5.61. The number of likely N-dealkylation sites (N-methyl/N-ethyl adjacent to an activating group) is 1. The van der Waals surface area contributed by atoms with Gasteiger partial charge in [-0.2, -0.15) is 0 Å². The molecule has 0 heterocycles. The molecule has 3 aromatic rings. The highest BCUT2D eigenvalue weighted by molar-refractivity contribution is 9.10. The number of amides is 2. The van der Waals surface area contributed by atoms with Gasteiger partial charge in [0.2, 0.25) is 21.8 Å². The summed E-state index contributed by atoms with van der Waals surface area (Å²) in [4.78, 5) is 27.9. The molecule has 0 saturated heterocycles. The Bertz CT molecular complexity index is 1300. The van der Waals surface area contributed by atoms with Gasteiger partial charge in [-0.3, -0.25) is 13.9 Å². The Morgan fingerprint density at radius 3 is 2.17 bits per heavy atom. The van der Waals surface area contributed by atoms with Crippen molar-refractivity contribution in [2.45, 2.75) is 19.0 Å². The number of halogens is 2. The normalized spacial score (nSPS) is 12.0. The molecule has 0 fully saturated rings. The molecule has 3 rings (SSSR count). The highest BCUT2D eigenvalue weighted by Gasteiger charge is 2.33. The lowest BCUT2D eigenvalue weighted by Gasteiger charge is -2.33. The van der Waals surface area contributed by atoms with Crippen molar-refractivity contribution < 1.29 is 22.4 Å². The fraction of sp³-hybridized carbons (Fsp3) is 0.231. The Labute approximate surface area is 219 Å². The van der Waals surface area contributed by atoms with E-state index in [1.165, 1.54) is 30.1 Å². The van der Waals surface area contributed by atoms with Crippen LogP contribution in [0.1, 0.15) is 11.1 Å². The fourth-order valence-electron chi connectivity index (χ4n) is 3.75. The average molecular weight is 576 g/mol. The average Bonchev–Trinajstić information content (AvgIpc) is 2.85. The van der Waals surface area contributed by atoms with E-state index in [2.05, 4.69) is 21.2 Å². The first-order chi connectivity index (χ1) is 17.1. The van der Waals surface area contributed by atoms with E-state index in [9.17, 15) is 22.4 Å². The van der Waals surface area contributed by atoms with Crippen LogP contribution in [0.4, 0.5) is 10.1 Å². The van der Waals surface area contributed by atoms with Crippen molar-refractivity contribution in [3.63, 3.8) is 0 Å². The molecule has 1 N–H and O–H groups in total. The minimum absolute atomic E-state index is 0.165. The lowest BCUT2D eigenvalue weighted by atomic mass is 10.0. The Morgan fingerprint density at radius 1 is 0.972 bits per heavy atom. The second-order valence-corrected chi connectivity index (χ2v) is 11.0. The number of rotatable bonds is 10. The zero-order valence-electron chi connectivity index (χ0n) is 19.9. The first-order valence-corrected chi connectivity index (χ1v) is 13.8. The number of carbonyl (C=O) groups excluding carboxylic acids is 2. The van der Waals surface area contributed by atoms with E-state index in [4.69, 9.17) is 0 Å². The molecular weight excluding hydrogens is 549 g/mol. The first kappa shape index (κ1) is 27.3. The van der Waals surface area contributed by atoms with Crippen LogP contribution in [0.15, 0.2) is 83.3 Å². The summed E-state index contributed by atoms with van der Waals surface area (Å²) in [7, 11) is -2.40. The zero-order valence-corrected chi connectivity index (χ0v) is 22.3. The van der Waals surface area contributed by atoms with Gasteiger partial charge in [-0.25, -0.2) is 12.8 Å². The monoisotopic (exact) mass is 575 g/mol. The number of benzene rings is 3. The molecule has 36 heavy (non-hydrogen) atoms. The first-order valence-electron chi connectivity index (χ1n) is 11.1. The summed E-state index contributed by atoms with van der Waals surface area (Å²) < 4.78 is 41.6. The number of hydrogen-bond acceptors (Lipinski definition) is 4. The van der Waals surface area contributed by atoms with E-state index in [1.54, 1.807) is 30.3 Å². The Kier molecular flexibility index (Phi) is 9.22. The molecule has 0 aliphatic heterocycles. The van der Waals surface area contributed by atoms with Gasteiger partial charge in [0, 0.05) is 30.0 Å². The molecule has 0 aliphatic carbocycles.